The van der Waals surface area contributed by atoms with Gasteiger partial charge in [0.15, 0.2) is 0 Å². The summed E-state index contributed by atoms with van der Waals surface area (Å²) in [6, 6.07) is 0.840. The zero-order chi connectivity index (χ0) is 11.6. The van der Waals surface area contributed by atoms with Crippen molar-refractivity contribution in [3.8, 4) is 5.75 Å². The van der Waals surface area contributed by atoms with Gasteiger partial charge in [-0.1, -0.05) is 5.57 Å². The van der Waals surface area contributed by atoms with Crippen molar-refractivity contribution in [3.05, 3.63) is 41.5 Å². The Bertz CT molecular complexity index is 373. The van der Waals surface area contributed by atoms with Gasteiger partial charge in [0.2, 0.25) is 0 Å². The van der Waals surface area contributed by atoms with Crippen LogP contribution in [0.25, 0.3) is 0 Å². The van der Waals surface area contributed by atoms with Crippen LogP contribution in [-0.2, 0) is 0 Å². The molecule has 0 amide bonds. The van der Waals surface area contributed by atoms with E-state index in [1.54, 1.807) is 6.92 Å². The van der Waals surface area contributed by atoms with Crippen LogP contribution in [0.2, 0.25) is 0 Å². The van der Waals surface area contributed by atoms with Gasteiger partial charge in [0.05, 0.1) is 0 Å². The van der Waals surface area contributed by atoms with Crippen LogP contribution < -0.4 is 5.73 Å². The van der Waals surface area contributed by atoms with Crippen molar-refractivity contribution in [2.75, 3.05) is 0 Å². The lowest BCUT2D eigenvalue weighted by molar-refractivity contribution is 0.440. The van der Waals surface area contributed by atoms with Gasteiger partial charge in [-0.2, -0.15) is 0 Å². The van der Waals surface area contributed by atoms with E-state index in [0.717, 1.165) is 11.6 Å². The van der Waals surface area contributed by atoms with E-state index < -0.39 is 23.4 Å². The highest BCUT2D eigenvalue weighted by Gasteiger charge is 2.17. The molecule has 1 aromatic rings. The Morgan fingerprint density at radius 2 is 2.06 bits per heavy atom. The zero-order valence-corrected chi connectivity index (χ0v) is 9.65. The van der Waals surface area contributed by atoms with Gasteiger partial charge in [0, 0.05) is 23.7 Å². The summed E-state index contributed by atoms with van der Waals surface area (Å²) in [7, 11) is 0. The van der Waals surface area contributed by atoms with Crippen molar-refractivity contribution < 1.29 is 13.9 Å². The third kappa shape index (κ3) is 3.47. The van der Waals surface area contributed by atoms with Crippen molar-refractivity contribution in [1.29, 1.82) is 0 Å². The third-order valence-corrected chi connectivity index (χ3v) is 2.01. The highest BCUT2D eigenvalue weighted by Crippen LogP contribution is 2.29. The molecule has 0 saturated carbocycles. The quantitative estimate of drug-likeness (QED) is 0.809. The predicted octanol–water partition coefficient (Wildman–Crippen LogP) is 3.06. The molecule has 0 bridgehead atoms. The number of aromatic hydroxyl groups is 1. The number of phenolic OH excluding ortho intramolecular Hbond substituents is 1. The minimum absolute atomic E-state index is 0. The predicted molar refractivity (Wildman–Crippen MR) is 61.6 cm³/mol. The van der Waals surface area contributed by atoms with Crippen LogP contribution >= 0.6 is 12.4 Å². The van der Waals surface area contributed by atoms with Crippen molar-refractivity contribution >= 4 is 12.4 Å². The summed E-state index contributed by atoms with van der Waals surface area (Å²) in [5.74, 6) is -2.11. The van der Waals surface area contributed by atoms with Crippen molar-refractivity contribution in [3.63, 3.8) is 0 Å². The van der Waals surface area contributed by atoms with Gasteiger partial charge >= 0.3 is 0 Å². The van der Waals surface area contributed by atoms with Gasteiger partial charge < -0.3 is 10.8 Å². The van der Waals surface area contributed by atoms with E-state index in [2.05, 4.69) is 6.58 Å². The van der Waals surface area contributed by atoms with Gasteiger partial charge in [-0.05, 0) is 13.3 Å². The number of nitrogens with two attached hydrogens (primary N) is 1. The van der Waals surface area contributed by atoms with E-state index in [9.17, 15) is 13.9 Å². The number of hydrogen-bond acceptors (Lipinski definition) is 2. The van der Waals surface area contributed by atoms with Gasteiger partial charge in [0.1, 0.15) is 17.4 Å². The average Bonchev–Trinajstić information content (AvgIpc) is 1.99. The summed E-state index contributed by atoms with van der Waals surface area (Å²) < 4.78 is 26.0. The fourth-order valence-electron chi connectivity index (χ4n) is 1.42. The first-order valence-corrected chi connectivity index (χ1v) is 4.49. The molecule has 0 radical (unpaired) electrons. The number of hydrogen-bond donors (Lipinski definition) is 2. The normalized spacial score (nSPS) is 11.8. The van der Waals surface area contributed by atoms with Gasteiger partial charge in [0.25, 0.3) is 0 Å². The fourth-order valence-corrected chi connectivity index (χ4v) is 1.42. The highest BCUT2D eigenvalue weighted by molar-refractivity contribution is 5.85. The van der Waals surface area contributed by atoms with Crippen molar-refractivity contribution in [2.24, 2.45) is 5.73 Å². The molecule has 0 fully saturated rings. The minimum Gasteiger partial charge on any atom is -0.507 e. The molecular formula is C11H14ClF2NO. The van der Waals surface area contributed by atoms with Crippen molar-refractivity contribution in [2.45, 2.75) is 19.4 Å². The van der Waals surface area contributed by atoms with Crippen LogP contribution in [0.15, 0.2) is 24.3 Å². The lowest BCUT2D eigenvalue weighted by Gasteiger charge is -2.14. The molecule has 1 rings (SSSR count). The number of rotatable bonds is 3. The molecule has 16 heavy (non-hydrogen) atoms. The molecular weight excluding hydrogens is 236 g/mol. The average molecular weight is 250 g/mol. The SMILES string of the molecule is C=C(C)C[C@@H](N)c1c(O)cc(F)cc1F.Cl. The van der Waals surface area contributed by atoms with Gasteiger partial charge in [-0.25, -0.2) is 8.78 Å². The summed E-state index contributed by atoms with van der Waals surface area (Å²) >= 11 is 0. The van der Waals surface area contributed by atoms with E-state index in [0.29, 0.717) is 12.5 Å². The van der Waals surface area contributed by atoms with E-state index in [4.69, 9.17) is 5.73 Å². The maximum atomic E-state index is 13.3. The molecule has 2 nitrogen and oxygen atoms in total. The lowest BCUT2D eigenvalue weighted by Crippen LogP contribution is -2.13. The first-order valence-electron chi connectivity index (χ1n) is 4.49. The van der Waals surface area contributed by atoms with Crippen molar-refractivity contribution in [1.82, 2.24) is 0 Å². The molecule has 0 unspecified atom stereocenters. The number of halogens is 3. The molecule has 0 heterocycles. The Hall–Kier alpha value is -1.13. The van der Waals surface area contributed by atoms with Crippen LogP contribution in [0.1, 0.15) is 24.9 Å². The van der Waals surface area contributed by atoms with E-state index in [1.165, 1.54) is 0 Å². The minimum atomic E-state index is -0.832. The molecule has 0 aromatic heterocycles. The topological polar surface area (TPSA) is 46.2 Å². The molecule has 5 heteroatoms. The second kappa shape index (κ2) is 5.82. The zero-order valence-electron chi connectivity index (χ0n) is 8.84. The summed E-state index contributed by atoms with van der Waals surface area (Å²) in [4.78, 5) is 0. The van der Waals surface area contributed by atoms with E-state index in [1.807, 2.05) is 0 Å². The molecule has 0 spiro atoms. The largest absolute Gasteiger partial charge is 0.507 e. The highest BCUT2D eigenvalue weighted by atomic mass is 35.5. The first-order chi connectivity index (χ1) is 6.91. The van der Waals surface area contributed by atoms with Gasteiger partial charge in [-0.3, -0.25) is 0 Å². The number of benzene rings is 1. The maximum Gasteiger partial charge on any atom is 0.134 e. The molecule has 1 aromatic carbocycles. The smallest absolute Gasteiger partial charge is 0.134 e. The Balaban J connectivity index is 0.00000225. The third-order valence-electron chi connectivity index (χ3n) is 2.01. The van der Waals surface area contributed by atoms with Crippen LogP contribution in [0.3, 0.4) is 0 Å². The molecule has 0 aliphatic rings. The Morgan fingerprint density at radius 3 is 2.50 bits per heavy atom. The van der Waals surface area contributed by atoms with E-state index in [-0.39, 0.29) is 18.0 Å². The Morgan fingerprint density at radius 1 is 1.50 bits per heavy atom. The summed E-state index contributed by atoms with van der Waals surface area (Å²) in [5.41, 5.74) is 6.36. The number of phenols is 1. The molecule has 0 saturated heterocycles. The van der Waals surface area contributed by atoms with Crippen LogP contribution in [0, 0.1) is 11.6 Å². The fraction of sp³-hybridized carbons (Fsp3) is 0.273. The summed E-state index contributed by atoms with van der Waals surface area (Å²) in [6.07, 6.45) is 0.343. The monoisotopic (exact) mass is 249 g/mol. The van der Waals surface area contributed by atoms with Crippen LogP contribution in [-0.4, -0.2) is 5.11 Å². The van der Waals surface area contributed by atoms with Crippen LogP contribution in [0.5, 0.6) is 5.75 Å². The van der Waals surface area contributed by atoms with Gasteiger partial charge in [-0.15, -0.1) is 19.0 Å². The molecule has 3 N–H and O–H groups in total. The lowest BCUT2D eigenvalue weighted by atomic mass is 10.00. The second-order valence-electron chi connectivity index (χ2n) is 3.59. The molecule has 1 atom stereocenters. The van der Waals surface area contributed by atoms with Crippen LogP contribution in [0.4, 0.5) is 8.78 Å². The molecule has 90 valence electrons. The summed E-state index contributed by atoms with van der Waals surface area (Å²) in [5, 5.41) is 9.37. The summed E-state index contributed by atoms with van der Waals surface area (Å²) in [6.45, 7) is 5.39. The maximum absolute atomic E-state index is 13.3. The molecule has 0 aliphatic heterocycles. The Kier molecular flexibility index (Phi) is 5.41. The second-order valence-corrected chi connectivity index (χ2v) is 3.59. The Labute approximate surface area is 99.2 Å². The first kappa shape index (κ1) is 14.9. The standard InChI is InChI=1S/C11H13F2NO.ClH/c1-6(2)3-9(14)11-8(13)4-7(12)5-10(11)15;/h4-5,9,15H,1,3,14H2,2H3;1H/t9-;/m1./s1. The molecule has 0 aliphatic carbocycles. The van der Waals surface area contributed by atoms with E-state index >= 15 is 0 Å².